The van der Waals surface area contributed by atoms with Crippen LogP contribution in [0, 0.1) is 5.41 Å². The van der Waals surface area contributed by atoms with E-state index in [4.69, 9.17) is 0 Å². The van der Waals surface area contributed by atoms with Gasteiger partial charge in [0.2, 0.25) is 0 Å². The fourth-order valence-corrected chi connectivity index (χ4v) is 2.29. The van der Waals surface area contributed by atoms with Crippen molar-refractivity contribution in [1.29, 1.82) is 0 Å². The van der Waals surface area contributed by atoms with Crippen LogP contribution in [-0.2, 0) is 4.79 Å². The van der Waals surface area contributed by atoms with Crippen LogP contribution in [-0.4, -0.2) is 54.1 Å². The van der Waals surface area contributed by atoms with Crippen molar-refractivity contribution in [2.45, 2.75) is 13.3 Å². The molecule has 0 bridgehead atoms. The summed E-state index contributed by atoms with van der Waals surface area (Å²) in [5.41, 5.74) is 0.392. The van der Waals surface area contributed by atoms with E-state index in [9.17, 15) is 14.7 Å². The quantitative estimate of drug-likeness (QED) is 0.895. The highest BCUT2D eigenvalue weighted by Gasteiger charge is 2.42. The zero-order valence-electron chi connectivity index (χ0n) is 12.0. The summed E-state index contributed by atoms with van der Waals surface area (Å²) < 4.78 is 0. The number of hydrogen-bond acceptors (Lipinski definition) is 4. The molecule has 2 heterocycles. The van der Waals surface area contributed by atoms with Crippen molar-refractivity contribution < 1.29 is 14.7 Å². The first-order valence-electron chi connectivity index (χ1n) is 6.49. The number of rotatable bonds is 3. The van der Waals surface area contributed by atoms with E-state index in [1.807, 2.05) is 25.1 Å². The molecule has 1 aliphatic rings. The Balaban J connectivity index is 2.17. The molecule has 6 heteroatoms. The highest BCUT2D eigenvalue weighted by atomic mass is 16.4. The van der Waals surface area contributed by atoms with Gasteiger partial charge in [-0.3, -0.25) is 14.6 Å². The molecule has 2 rings (SSSR count). The molecule has 0 spiro atoms. The van der Waals surface area contributed by atoms with Crippen molar-refractivity contribution in [2.75, 3.05) is 32.1 Å². The third-order valence-corrected chi connectivity index (χ3v) is 3.76. The van der Waals surface area contributed by atoms with Gasteiger partial charge in [-0.25, -0.2) is 0 Å². The Labute approximate surface area is 118 Å². The first-order valence-corrected chi connectivity index (χ1v) is 6.49. The van der Waals surface area contributed by atoms with Crippen LogP contribution in [0.5, 0.6) is 0 Å². The van der Waals surface area contributed by atoms with E-state index in [0.29, 0.717) is 18.7 Å². The summed E-state index contributed by atoms with van der Waals surface area (Å²) in [4.78, 5) is 31.1. The number of carbonyl (C=O) groups excluding carboxylic acids is 1. The van der Waals surface area contributed by atoms with E-state index in [1.165, 1.54) is 0 Å². The maximum absolute atomic E-state index is 12.4. The fraction of sp³-hybridized carbons (Fsp3) is 0.500. The molecule has 1 amide bonds. The summed E-state index contributed by atoms with van der Waals surface area (Å²) in [5.74, 6) is -1.07. The van der Waals surface area contributed by atoms with Gasteiger partial charge >= 0.3 is 5.97 Å². The predicted octanol–water partition coefficient (Wildman–Crippen LogP) is 1.08. The number of nitrogens with zero attached hydrogens (tertiary/aromatic N) is 3. The minimum atomic E-state index is -0.859. The number of aromatic nitrogens is 1. The number of amides is 1. The number of carboxylic acids is 1. The smallest absolute Gasteiger partial charge is 0.311 e. The van der Waals surface area contributed by atoms with Crippen LogP contribution in [0.3, 0.4) is 0 Å². The number of carboxylic acid groups (broad SMARTS) is 1. The highest BCUT2D eigenvalue weighted by molar-refractivity contribution is 5.94. The van der Waals surface area contributed by atoms with Crippen LogP contribution in [0.1, 0.15) is 23.8 Å². The van der Waals surface area contributed by atoms with E-state index in [0.717, 1.165) is 5.69 Å². The third kappa shape index (κ3) is 2.59. The summed E-state index contributed by atoms with van der Waals surface area (Å²) in [5, 5.41) is 9.20. The normalized spacial score (nSPS) is 21.9. The summed E-state index contributed by atoms with van der Waals surface area (Å²) in [7, 11) is 3.78. The second-order valence-electron chi connectivity index (χ2n) is 5.64. The maximum atomic E-state index is 12.4. The van der Waals surface area contributed by atoms with Gasteiger partial charge in [0.25, 0.3) is 5.91 Å². The zero-order chi connectivity index (χ0) is 14.9. The average Bonchev–Trinajstić information content (AvgIpc) is 2.82. The third-order valence-electron chi connectivity index (χ3n) is 3.76. The van der Waals surface area contributed by atoms with Crippen LogP contribution in [0.2, 0.25) is 0 Å². The Morgan fingerprint density at radius 2 is 2.15 bits per heavy atom. The molecule has 0 aliphatic carbocycles. The second kappa shape index (κ2) is 5.11. The molecule has 108 valence electrons. The largest absolute Gasteiger partial charge is 0.481 e. The molecule has 1 N–H and O–H groups in total. The Bertz CT molecular complexity index is 544. The van der Waals surface area contributed by atoms with Gasteiger partial charge in [-0.1, -0.05) is 0 Å². The van der Waals surface area contributed by atoms with Gasteiger partial charge in [0, 0.05) is 39.1 Å². The molecule has 0 saturated carbocycles. The number of aliphatic carboxylic acids is 1. The molecule has 0 aromatic carbocycles. The van der Waals surface area contributed by atoms with Gasteiger partial charge in [-0.2, -0.15) is 0 Å². The SMILES string of the molecule is CN(C)c1ccnc(C(=O)N2CCC(C)(C(=O)O)C2)c1. The molecule has 1 aromatic rings. The maximum Gasteiger partial charge on any atom is 0.311 e. The first-order chi connectivity index (χ1) is 9.33. The molecule has 0 radical (unpaired) electrons. The van der Waals surface area contributed by atoms with E-state index in [2.05, 4.69) is 4.98 Å². The molecule has 1 fully saturated rings. The lowest BCUT2D eigenvalue weighted by Crippen LogP contribution is -2.35. The minimum Gasteiger partial charge on any atom is -0.481 e. The summed E-state index contributed by atoms with van der Waals surface area (Å²) in [6.07, 6.45) is 2.07. The van der Waals surface area contributed by atoms with Gasteiger partial charge in [0.05, 0.1) is 5.41 Å². The minimum absolute atomic E-state index is 0.210. The van der Waals surface area contributed by atoms with Crippen molar-refractivity contribution in [1.82, 2.24) is 9.88 Å². The second-order valence-corrected chi connectivity index (χ2v) is 5.64. The van der Waals surface area contributed by atoms with Crippen LogP contribution in [0.25, 0.3) is 0 Å². The Hall–Kier alpha value is -2.11. The summed E-state index contributed by atoms with van der Waals surface area (Å²) in [6, 6.07) is 3.54. The molecular weight excluding hydrogens is 258 g/mol. The van der Waals surface area contributed by atoms with Gasteiger partial charge in [0.1, 0.15) is 5.69 Å². The number of likely N-dealkylation sites (tertiary alicyclic amines) is 1. The van der Waals surface area contributed by atoms with Gasteiger partial charge < -0.3 is 14.9 Å². The van der Waals surface area contributed by atoms with Crippen molar-refractivity contribution in [3.8, 4) is 0 Å². The Kier molecular flexibility index (Phi) is 3.65. The average molecular weight is 277 g/mol. The fourth-order valence-electron chi connectivity index (χ4n) is 2.29. The number of hydrogen-bond donors (Lipinski definition) is 1. The molecule has 1 saturated heterocycles. The van der Waals surface area contributed by atoms with Gasteiger partial charge in [0.15, 0.2) is 0 Å². The lowest BCUT2D eigenvalue weighted by Gasteiger charge is -2.20. The monoisotopic (exact) mass is 277 g/mol. The molecule has 1 aromatic heterocycles. The standard InChI is InChI=1S/C14H19N3O3/c1-14(13(19)20)5-7-17(9-14)12(18)11-8-10(16(2)3)4-6-15-11/h4,6,8H,5,7,9H2,1-3H3,(H,19,20). The summed E-state index contributed by atoms with van der Waals surface area (Å²) in [6.45, 7) is 2.36. The van der Waals surface area contributed by atoms with E-state index < -0.39 is 11.4 Å². The topological polar surface area (TPSA) is 73.7 Å². The van der Waals surface area contributed by atoms with E-state index in [1.54, 1.807) is 24.1 Å². The van der Waals surface area contributed by atoms with Gasteiger partial charge in [-0.15, -0.1) is 0 Å². The molecule has 20 heavy (non-hydrogen) atoms. The predicted molar refractivity (Wildman–Crippen MR) is 74.8 cm³/mol. The van der Waals surface area contributed by atoms with Crippen molar-refractivity contribution >= 4 is 17.6 Å². The lowest BCUT2D eigenvalue weighted by molar-refractivity contribution is -0.147. The molecule has 6 nitrogen and oxygen atoms in total. The van der Waals surface area contributed by atoms with Crippen molar-refractivity contribution in [3.63, 3.8) is 0 Å². The summed E-state index contributed by atoms with van der Waals surface area (Å²) >= 11 is 0. The number of carbonyl (C=O) groups is 2. The van der Waals surface area contributed by atoms with Crippen LogP contribution in [0.15, 0.2) is 18.3 Å². The van der Waals surface area contributed by atoms with Crippen LogP contribution >= 0.6 is 0 Å². The first kappa shape index (κ1) is 14.3. The number of anilines is 1. The molecule has 1 atom stereocenters. The molecular formula is C14H19N3O3. The molecule has 1 unspecified atom stereocenters. The molecule has 1 aliphatic heterocycles. The zero-order valence-corrected chi connectivity index (χ0v) is 12.0. The Morgan fingerprint density at radius 3 is 2.70 bits per heavy atom. The highest BCUT2D eigenvalue weighted by Crippen LogP contribution is 2.31. The van der Waals surface area contributed by atoms with Crippen LogP contribution in [0.4, 0.5) is 5.69 Å². The van der Waals surface area contributed by atoms with E-state index in [-0.39, 0.29) is 12.5 Å². The van der Waals surface area contributed by atoms with Crippen molar-refractivity contribution in [2.24, 2.45) is 5.41 Å². The number of pyridine rings is 1. The Morgan fingerprint density at radius 1 is 1.45 bits per heavy atom. The van der Waals surface area contributed by atoms with Crippen LogP contribution < -0.4 is 4.90 Å². The van der Waals surface area contributed by atoms with E-state index >= 15 is 0 Å². The van der Waals surface area contributed by atoms with Gasteiger partial charge in [-0.05, 0) is 25.5 Å². The van der Waals surface area contributed by atoms with Crippen molar-refractivity contribution in [3.05, 3.63) is 24.0 Å². The lowest BCUT2D eigenvalue weighted by atomic mass is 9.90.